The molecule has 0 saturated heterocycles. The fourth-order valence-electron chi connectivity index (χ4n) is 0. The van der Waals surface area contributed by atoms with E-state index in [9.17, 15) is 0 Å². The second-order valence-corrected chi connectivity index (χ2v) is 0.805. The second kappa shape index (κ2) is 10.1. The Kier molecular flexibility index (Phi) is 26.5. The summed E-state index contributed by atoms with van der Waals surface area (Å²) in [5.74, 6) is 0. The molecule has 0 amide bonds. The van der Waals surface area contributed by atoms with E-state index in [0.29, 0.717) is 0 Å². The predicted molar refractivity (Wildman–Crippen MR) is 14.7 cm³/mol. The molecule has 0 aromatic heterocycles. The summed E-state index contributed by atoms with van der Waals surface area (Å²) in [4.78, 5) is 21.7. The van der Waals surface area contributed by atoms with Crippen molar-refractivity contribution in [3.8, 4) is 0 Å². The summed E-state index contributed by atoms with van der Waals surface area (Å²) in [6, 6.07) is 0. The SMILES string of the molecule is OP(O)O.[Au].[H-].[Na+]. The van der Waals surface area contributed by atoms with Gasteiger partial charge in [-0.1, -0.05) is 0 Å². The molecule has 0 aromatic carbocycles. The third-order valence-electron chi connectivity index (χ3n) is 0. The molecule has 3 N–H and O–H groups in total. The summed E-state index contributed by atoms with van der Waals surface area (Å²) >= 11 is 0. The first-order valence-corrected chi connectivity index (χ1v) is 1.80. The fraction of sp³-hybridized carbons (Fsp3) is 0. The molecule has 1 radical (unpaired) electrons. The van der Waals surface area contributed by atoms with Crippen molar-refractivity contribution in [2.45, 2.75) is 0 Å². The molecule has 0 rings (SSSR count). The molecular weight excluding hydrogens is 299 g/mol. The van der Waals surface area contributed by atoms with Crippen LogP contribution < -0.4 is 29.6 Å². The van der Waals surface area contributed by atoms with Crippen LogP contribution in [0.15, 0.2) is 0 Å². The Bertz CT molecular complexity index is 19.7. The summed E-state index contributed by atoms with van der Waals surface area (Å²) in [5.41, 5.74) is 0. The summed E-state index contributed by atoms with van der Waals surface area (Å²) in [7, 11) is -2.62. The Balaban J connectivity index is -0.0000000150. The van der Waals surface area contributed by atoms with E-state index in [4.69, 9.17) is 14.7 Å². The molecule has 3 nitrogen and oxygen atoms in total. The molecule has 0 bridgehead atoms. The topological polar surface area (TPSA) is 60.7 Å². The van der Waals surface area contributed by atoms with Crippen molar-refractivity contribution in [1.29, 1.82) is 0 Å². The number of hydrogen-bond donors (Lipinski definition) is 3. The molecule has 0 spiro atoms. The standard InChI is InChI=1S/Au.Na.H3O3P.H/c;;1-4(2)3;/h;;1-3H;/q;+1;;-1. The van der Waals surface area contributed by atoms with Gasteiger partial charge in [-0.3, -0.25) is 0 Å². The van der Waals surface area contributed by atoms with Gasteiger partial charge in [-0.25, -0.2) is 0 Å². The van der Waals surface area contributed by atoms with Gasteiger partial charge in [-0.05, 0) is 0 Å². The molecule has 0 aliphatic heterocycles. The van der Waals surface area contributed by atoms with Crippen LogP contribution in [0.2, 0.25) is 0 Å². The van der Waals surface area contributed by atoms with Crippen molar-refractivity contribution in [3.05, 3.63) is 0 Å². The Morgan fingerprint density at radius 2 is 1.17 bits per heavy atom. The van der Waals surface area contributed by atoms with E-state index >= 15 is 0 Å². The minimum Gasteiger partial charge on any atom is -1.00 e. The molecule has 0 unspecified atom stereocenters. The molecule has 6 heteroatoms. The van der Waals surface area contributed by atoms with Crippen LogP contribution in [-0.4, -0.2) is 14.7 Å². The van der Waals surface area contributed by atoms with E-state index in [0.717, 1.165) is 0 Å². The average molecular weight is 303 g/mol. The normalized spacial score (nSPS) is 6.00. The maximum absolute atomic E-state index is 7.23. The smallest absolute Gasteiger partial charge is 1.00 e. The van der Waals surface area contributed by atoms with Crippen molar-refractivity contribution in [1.82, 2.24) is 0 Å². The largest absolute Gasteiger partial charge is 1.00 e. The molecule has 0 aromatic rings. The monoisotopic (exact) mass is 303 g/mol. The number of rotatable bonds is 0. The van der Waals surface area contributed by atoms with Gasteiger partial charge in [0.25, 0.3) is 0 Å². The molecule has 39 valence electrons. The van der Waals surface area contributed by atoms with Gasteiger partial charge in [0.1, 0.15) is 0 Å². The summed E-state index contributed by atoms with van der Waals surface area (Å²) in [6.45, 7) is 0. The molecule has 0 aliphatic rings. The van der Waals surface area contributed by atoms with Crippen LogP contribution >= 0.6 is 8.60 Å². The van der Waals surface area contributed by atoms with Crippen LogP contribution in [0.3, 0.4) is 0 Å². The Morgan fingerprint density at radius 1 is 1.17 bits per heavy atom. The molecule has 0 heterocycles. The minimum atomic E-state index is -2.62. The zero-order valence-corrected chi connectivity index (χ0v) is 8.15. The molecular formula is H4AuNaO3P. The van der Waals surface area contributed by atoms with Crippen LogP contribution in [0.4, 0.5) is 0 Å². The first-order chi connectivity index (χ1) is 1.73. The van der Waals surface area contributed by atoms with Gasteiger partial charge in [0.05, 0.1) is 0 Å². The first kappa shape index (κ1) is 15.7. The van der Waals surface area contributed by atoms with E-state index in [1.807, 2.05) is 0 Å². The molecule has 0 aliphatic carbocycles. The minimum absolute atomic E-state index is 0. The van der Waals surface area contributed by atoms with Crippen molar-refractivity contribution >= 4 is 8.60 Å². The Labute approximate surface area is 76.0 Å². The van der Waals surface area contributed by atoms with Crippen LogP contribution in [0.1, 0.15) is 1.43 Å². The van der Waals surface area contributed by atoms with E-state index < -0.39 is 8.60 Å². The summed E-state index contributed by atoms with van der Waals surface area (Å²) < 4.78 is 0. The van der Waals surface area contributed by atoms with Gasteiger partial charge in [-0.15, -0.1) is 0 Å². The maximum atomic E-state index is 7.23. The van der Waals surface area contributed by atoms with Gasteiger partial charge in [-0.2, -0.15) is 0 Å². The van der Waals surface area contributed by atoms with Crippen molar-refractivity contribution in [3.63, 3.8) is 0 Å². The molecule has 0 fully saturated rings. The molecule has 0 atom stereocenters. The van der Waals surface area contributed by atoms with Crippen LogP contribution in [-0.2, 0) is 22.4 Å². The third kappa shape index (κ3) is 36.7. The molecule has 6 heavy (non-hydrogen) atoms. The summed E-state index contributed by atoms with van der Waals surface area (Å²) in [6.07, 6.45) is 0. The van der Waals surface area contributed by atoms with Crippen molar-refractivity contribution < 1.29 is 68.0 Å². The fourth-order valence-corrected chi connectivity index (χ4v) is 0. The quantitative estimate of drug-likeness (QED) is 0.319. The zero-order chi connectivity index (χ0) is 3.58. The van der Waals surface area contributed by atoms with Gasteiger partial charge < -0.3 is 16.1 Å². The predicted octanol–water partition coefficient (Wildman–Crippen LogP) is -3.70. The van der Waals surface area contributed by atoms with E-state index in [2.05, 4.69) is 0 Å². The van der Waals surface area contributed by atoms with E-state index in [1.165, 1.54) is 0 Å². The van der Waals surface area contributed by atoms with Crippen molar-refractivity contribution in [2.24, 2.45) is 0 Å². The third-order valence-corrected chi connectivity index (χ3v) is 0. The Morgan fingerprint density at radius 3 is 1.17 bits per heavy atom. The van der Waals surface area contributed by atoms with Crippen LogP contribution in [0, 0.1) is 0 Å². The average Bonchev–Trinajstić information content (AvgIpc) is 0.811. The Hall–Kier alpha value is 2.05. The van der Waals surface area contributed by atoms with E-state index in [-0.39, 0.29) is 53.4 Å². The van der Waals surface area contributed by atoms with Crippen molar-refractivity contribution in [2.75, 3.05) is 0 Å². The number of hydrogen-bond acceptors (Lipinski definition) is 3. The zero-order valence-electron chi connectivity index (χ0n) is 4.09. The maximum Gasteiger partial charge on any atom is 1.00 e. The first-order valence-electron chi connectivity index (χ1n) is 0.600. The van der Waals surface area contributed by atoms with E-state index in [1.54, 1.807) is 0 Å². The van der Waals surface area contributed by atoms with Gasteiger partial charge in [0.2, 0.25) is 0 Å². The molecule has 0 saturated carbocycles. The van der Waals surface area contributed by atoms with Gasteiger partial charge >= 0.3 is 38.2 Å². The van der Waals surface area contributed by atoms with Gasteiger partial charge in [0.15, 0.2) is 0 Å². The summed E-state index contributed by atoms with van der Waals surface area (Å²) in [5, 5.41) is 0. The second-order valence-electron chi connectivity index (χ2n) is 0.268. The van der Waals surface area contributed by atoms with Crippen LogP contribution in [0.25, 0.3) is 0 Å². The van der Waals surface area contributed by atoms with Gasteiger partial charge in [0, 0.05) is 22.4 Å². The van der Waals surface area contributed by atoms with Crippen LogP contribution in [0.5, 0.6) is 0 Å².